The van der Waals surface area contributed by atoms with Crippen molar-refractivity contribution in [2.24, 2.45) is 0 Å². The van der Waals surface area contributed by atoms with Gasteiger partial charge in [-0.1, -0.05) is 18.2 Å². The van der Waals surface area contributed by atoms with E-state index in [-0.39, 0.29) is 0 Å². The Labute approximate surface area is 163 Å². The van der Waals surface area contributed by atoms with Crippen LogP contribution in [-0.4, -0.2) is 21.4 Å². The van der Waals surface area contributed by atoms with Gasteiger partial charge in [-0.2, -0.15) is 5.10 Å². The second-order valence-corrected chi connectivity index (χ2v) is 7.17. The number of aryl methyl sites for hydroxylation is 1. The smallest absolute Gasteiger partial charge is 0.0774 e. The molecule has 28 heavy (non-hydrogen) atoms. The second-order valence-electron chi connectivity index (χ2n) is 7.17. The minimum absolute atomic E-state index is 0.802. The van der Waals surface area contributed by atoms with Gasteiger partial charge in [0, 0.05) is 34.4 Å². The Morgan fingerprint density at radius 1 is 1.04 bits per heavy atom. The molecule has 138 valence electrons. The van der Waals surface area contributed by atoms with Crippen LogP contribution >= 0.6 is 0 Å². The lowest BCUT2D eigenvalue weighted by molar-refractivity contribution is 0.686. The summed E-state index contributed by atoms with van der Waals surface area (Å²) in [6.45, 7) is 0. The van der Waals surface area contributed by atoms with Crippen LogP contribution in [0.3, 0.4) is 0 Å². The molecule has 0 saturated heterocycles. The molecule has 0 fully saturated rings. The van der Waals surface area contributed by atoms with E-state index in [2.05, 4.69) is 21.6 Å². The van der Waals surface area contributed by atoms with Crippen LogP contribution in [0.15, 0.2) is 54.9 Å². The van der Waals surface area contributed by atoms with Crippen LogP contribution in [0.2, 0.25) is 0 Å². The maximum Gasteiger partial charge on any atom is 0.0774 e. The molecule has 2 aromatic heterocycles. The summed E-state index contributed by atoms with van der Waals surface area (Å²) >= 11 is 0. The van der Waals surface area contributed by atoms with Crippen molar-refractivity contribution in [1.29, 1.82) is 5.41 Å². The van der Waals surface area contributed by atoms with Gasteiger partial charge in [-0.25, -0.2) is 4.98 Å². The average molecular weight is 367 g/mol. The van der Waals surface area contributed by atoms with Gasteiger partial charge in [-0.05, 0) is 61.1 Å². The van der Waals surface area contributed by atoms with E-state index in [0.717, 1.165) is 52.6 Å². The third-order valence-corrected chi connectivity index (χ3v) is 5.49. The number of pyridine rings is 1. The van der Waals surface area contributed by atoms with E-state index >= 15 is 0 Å². The molecule has 0 aliphatic heterocycles. The topological polar surface area (TPSA) is 77.5 Å². The Morgan fingerprint density at radius 3 is 2.68 bits per heavy atom. The first kappa shape index (κ1) is 16.7. The van der Waals surface area contributed by atoms with Gasteiger partial charge in [-0.3, -0.25) is 5.10 Å². The van der Waals surface area contributed by atoms with Gasteiger partial charge in [-0.15, -0.1) is 0 Å². The third kappa shape index (κ3) is 2.76. The van der Waals surface area contributed by atoms with E-state index in [4.69, 9.17) is 10.4 Å². The minimum atomic E-state index is 0.802. The Balaban J connectivity index is 1.70. The number of aromatic amines is 1. The molecule has 5 heteroatoms. The van der Waals surface area contributed by atoms with Gasteiger partial charge in [0.1, 0.15) is 0 Å². The maximum atomic E-state index is 8.01. The zero-order valence-electron chi connectivity index (χ0n) is 15.5. The first-order valence-electron chi connectivity index (χ1n) is 9.65. The van der Waals surface area contributed by atoms with Crippen LogP contribution in [0, 0.1) is 5.41 Å². The monoisotopic (exact) mass is 367 g/mol. The number of H-pyrrole nitrogens is 1. The fraction of sp³-hybridized carbons (Fsp3) is 0.174. The molecule has 2 heterocycles. The lowest BCUT2D eigenvalue weighted by Crippen LogP contribution is -2.10. The van der Waals surface area contributed by atoms with Crippen LogP contribution in [0.4, 0.5) is 5.69 Å². The van der Waals surface area contributed by atoms with Gasteiger partial charge >= 0.3 is 0 Å². The highest BCUT2D eigenvalue weighted by atomic mass is 15.1. The highest BCUT2D eigenvalue weighted by molar-refractivity contribution is 6.12. The average Bonchev–Trinajstić information content (AvgIpc) is 3.23. The molecular weight excluding hydrogens is 346 g/mol. The summed E-state index contributed by atoms with van der Waals surface area (Å²) in [6.07, 6.45) is 9.58. The molecule has 1 aliphatic carbocycles. The zero-order valence-corrected chi connectivity index (χ0v) is 15.5. The second kappa shape index (κ2) is 6.93. The predicted molar refractivity (Wildman–Crippen MR) is 115 cm³/mol. The number of nitrogens with one attached hydrogen (secondary N) is 3. The van der Waals surface area contributed by atoms with Gasteiger partial charge in [0.2, 0.25) is 0 Å². The van der Waals surface area contributed by atoms with Gasteiger partial charge in [0.15, 0.2) is 0 Å². The van der Waals surface area contributed by atoms with Gasteiger partial charge in [0.25, 0.3) is 0 Å². The number of hydrogen-bond acceptors (Lipinski definition) is 4. The molecule has 2 aromatic carbocycles. The number of nitrogens with zero attached hydrogens (tertiary/aromatic N) is 2. The summed E-state index contributed by atoms with van der Waals surface area (Å²) in [5, 5.41) is 21.0. The molecule has 3 N–H and O–H groups in total. The number of fused-ring (bicyclic) bond motifs is 5. The third-order valence-electron chi connectivity index (χ3n) is 5.49. The van der Waals surface area contributed by atoms with E-state index in [0.29, 0.717) is 0 Å². The summed E-state index contributed by atoms with van der Waals surface area (Å²) < 4.78 is 0. The quantitative estimate of drug-likeness (QED) is 0.440. The van der Waals surface area contributed by atoms with E-state index in [1.165, 1.54) is 29.1 Å². The maximum absolute atomic E-state index is 8.01. The molecule has 1 aliphatic rings. The van der Waals surface area contributed by atoms with Crippen LogP contribution in [0.25, 0.3) is 27.4 Å². The first-order valence-corrected chi connectivity index (χ1v) is 9.65. The molecule has 0 unspecified atom stereocenters. The van der Waals surface area contributed by atoms with Crippen molar-refractivity contribution in [2.45, 2.75) is 25.7 Å². The van der Waals surface area contributed by atoms with E-state index in [1.807, 2.05) is 48.8 Å². The van der Waals surface area contributed by atoms with Crippen LogP contribution in [0.1, 0.15) is 29.7 Å². The van der Waals surface area contributed by atoms with Crippen molar-refractivity contribution in [3.8, 4) is 0 Å². The van der Waals surface area contributed by atoms with E-state index < -0.39 is 0 Å². The summed E-state index contributed by atoms with van der Waals surface area (Å²) in [6, 6.07) is 14.1. The summed E-state index contributed by atoms with van der Waals surface area (Å²) in [4.78, 5) is 5.00. The molecule has 5 nitrogen and oxygen atoms in total. The molecule has 4 aromatic rings. The highest BCUT2D eigenvalue weighted by Crippen LogP contribution is 2.36. The zero-order chi connectivity index (χ0) is 18.9. The molecule has 0 radical (unpaired) electrons. The molecule has 5 rings (SSSR count). The Kier molecular flexibility index (Phi) is 4.13. The highest BCUT2D eigenvalue weighted by Gasteiger charge is 2.21. The largest absolute Gasteiger partial charge is 0.361 e. The number of rotatable bonds is 4. The van der Waals surface area contributed by atoms with Crippen molar-refractivity contribution in [3.05, 3.63) is 71.7 Å². The molecule has 0 saturated carbocycles. The standard InChI is InChI=1S/C23H21N5/c24-12-15(13-25-16-6-2-1-3-7-16)23-18-9-5-4-8-17(18)22-19-14-26-28-20(19)10-11-21(22)27-23/h1-3,6-7,10-14,24-25H,4-5,8-9H2,(H,26,28)/b15-13+,24-12?. The fourth-order valence-electron chi connectivity index (χ4n) is 4.16. The number of anilines is 1. The van der Waals surface area contributed by atoms with Gasteiger partial charge in [0.05, 0.1) is 22.9 Å². The Hall–Kier alpha value is -3.47. The van der Waals surface area contributed by atoms with Crippen LogP contribution in [-0.2, 0) is 12.8 Å². The molecule has 0 amide bonds. The van der Waals surface area contributed by atoms with Crippen LogP contribution in [0.5, 0.6) is 0 Å². The van der Waals surface area contributed by atoms with Crippen molar-refractivity contribution >= 4 is 39.3 Å². The van der Waals surface area contributed by atoms with Crippen LogP contribution < -0.4 is 5.32 Å². The molecular formula is C23H21N5. The Morgan fingerprint density at radius 2 is 1.86 bits per heavy atom. The molecule has 0 atom stereocenters. The SMILES string of the molecule is N=C/C(=C\Nc1ccccc1)c1nc2ccc3[nH]ncc3c2c2c1CCCC2. The minimum Gasteiger partial charge on any atom is -0.361 e. The molecule has 0 bridgehead atoms. The van der Waals surface area contributed by atoms with Crippen molar-refractivity contribution in [1.82, 2.24) is 15.2 Å². The number of aromatic nitrogens is 3. The predicted octanol–water partition coefficient (Wildman–Crippen LogP) is 5.09. The van der Waals surface area contributed by atoms with Crippen molar-refractivity contribution in [3.63, 3.8) is 0 Å². The number of allylic oxidation sites excluding steroid dienone is 1. The summed E-state index contributed by atoms with van der Waals surface area (Å²) in [5.41, 5.74) is 7.37. The first-order chi connectivity index (χ1) is 13.8. The number of hydrogen-bond donors (Lipinski definition) is 3. The summed E-state index contributed by atoms with van der Waals surface area (Å²) in [7, 11) is 0. The Bertz CT molecular complexity index is 1200. The summed E-state index contributed by atoms with van der Waals surface area (Å²) in [5.74, 6) is 0. The lowest BCUT2D eigenvalue weighted by Gasteiger charge is -2.22. The van der Waals surface area contributed by atoms with E-state index in [1.54, 1.807) is 0 Å². The van der Waals surface area contributed by atoms with Crippen molar-refractivity contribution in [2.75, 3.05) is 5.32 Å². The van der Waals surface area contributed by atoms with Crippen molar-refractivity contribution < 1.29 is 0 Å². The van der Waals surface area contributed by atoms with Gasteiger partial charge < -0.3 is 10.7 Å². The number of benzene rings is 2. The van der Waals surface area contributed by atoms with E-state index in [9.17, 15) is 0 Å². The number of para-hydroxylation sites is 1. The fourth-order valence-corrected chi connectivity index (χ4v) is 4.16. The normalized spacial score (nSPS) is 14.2. The molecule has 0 spiro atoms. The lowest BCUT2D eigenvalue weighted by atomic mass is 9.85.